The van der Waals surface area contributed by atoms with Crippen molar-refractivity contribution in [2.75, 3.05) is 0 Å². The average Bonchev–Trinajstić information content (AvgIpc) is 3.42. The number of aromatic amines is 1. The molecule has 5 heteroatoms. The second kappa shape index (κ2) is 14.6. The Morgan fingerprint density at radius 1 is 1.20 bits per heavy atom. The third-order valence-corrected chi connectivity index (χ3v) is 7.48. The fourth-order valence-corrected chi connectivity index (χ4v) is 5.10. The van der Waals surface area contributed by atoms with Crippen LogP contribution in [-0.4, -0.2) is 11.2 Å². The van der Waals surface area contributed by atoms with E-state index in [0.29, 0.717) is 12.1 Å². The van der Waals surface area contributed by atoms with Gasteiger partial charge in [-0.1, -0.05) is 67.3 Å². The second-order valence-electron chi connectivity index (χ2n) is 10.4. The molecule has 210 valence electrons. The van der Waals surface area contributed by atoms with Crippen molar-refractivity contribution < 1.29 is 0 Å². The molecule has 0 saturated carbocycles. The summed E-state index contributed by atoms with van der Waals surface area (Å²) >= 11 is 0. The lowest BCUT2D eigenvalue weighted by atomic mass is 9.83. The third-order valence-electron chi connectivity index (χ3n) is 7.48. The molecule has 1 aliphatic carbocycles. The van der Waals surface area contributed by atoms with E-state index in [4.69, 9.17) is 11.1 Å². The van der Waals surface area contributed by atoms with Gasteiger partial charge in [0.05, 0.1) is 5.70 Å². The van der Waals surface area contributed by atoms with Gasteiger partial charge in [0, 0.05) is 48.2 Å². The van der Waals surface area contributed by atoms with Crippen molar-refractivity contribution in [1.29, 1.82) is 5.41 Å². The number of nitrogens with two attached hydrogens (primary N) is 1. The van der Waals surface area contributed by atoms with Gasteiger partial charge in [-0.3, -0.25) is 0 Å². The number of H-pyrrole nitrogens is 1. The van der Waals surface area contributed by atoms with Crippen LogP contribution in [0.2, 0.25) is 0 Å². The Morgan fingerprint density at radius 2 is 2.02 bits per heavy atom. The zero-order valence-electron chi connectivity index (χ0n) is 24.0. The van der Waals surface area contributed by atoms with Gasteiger partial charge >= 0.3 is 0 Å². The Balaban J connectivity index is 1.68. The predicted octanol–water partition coefficient (Wildman–Crippen LogP) is 7.83. The summed E-state index contributed by atoms with van der Waals surface area (Å²) in [6, 6.07) is 13.0. The second-order valence-corrected chi connectivity index (χ2v) is 10.4. The number of nitrogens with one attached hydrogen (secondary N) is 4. The molecule has 1 aromatic carbocycles. The molecule has 4 rings (SSSR count). The van der Waals surface area contributed by atoms with Crippen LogP contribution in [0.15, 0.2) is 138 Å². The van der Waals surface area contributed by atoms with E-state index < -0.39 is 0 Å². The maximum Gasteiger partial charge on any atom is 0.105 e. The van der Waals surface area contributed by atoms with Crippen LogP contribution in [0.1, 0.15) is 61.8 Å². The van der Waals surface area contributed by atoms with Gasteiger partial charge in [-0.15, -0.1) is 0 Å². The van der Waals surface area contributed by atoms with Crippen LogP contribution in [0.3, 0.4) is 0 Å². The maximum atomic E-state index is 7.25. The van der Waals surface area contributed by atoms with E-state index in [9.17, 15) is 0 Å². The summed E-state index contributed by atoms with van der Waals surface area (Å²) in [5.41, 5.74) is 20.1. The summed E-state index contributed by atoms with van der Waals surface area (Å²) in [7, 11) is 0. The normalized spacial score (nSPS) is 20.3. The first kappa shape index (κ1) is 29.3. The minimum atomic E-state index is 0.190. The molecule has 5 nitrogen and oxygen atoms in total. The van der Waals surface area contributed by atoms with Crippen molar-refractivity contribution in [3.05, 3.63) is 155 Å². The van der Waals surface area contributed by atoms with Gasteiger partial charge in [0.25, 0.3) is 0 Å². The molecule has 0 bridgehead atoms. The Morgan fingerprint density at radius 3 is 2.78 bits per heavy atom. The maximum absolute atomic E-state index is 7.25. The number of hydrogen-bond donors (Lipinski definition) is 5. The van der Waals surface area contributed by atoms with Crippen LogP contribution < -0.4 is 16.4 Å². The molecule has 41 heavy (non-hydrogen) atoms. The first-order valence-electron chi connectivity index (χ1n) is 14.2. The summed E-state index contributed by atoms with van der Waals surface area (Å²) in [6.45, 7) is 10.8. The fraction of sp³-hybridized carbons (Fsp3) is 0.222. The van der Waals surface area contributed by atoms with Crippen LogP contribution in [0, 0.1) is 5.41 Å². The summed E-state index contributed by atoms with van der Waals surface area (Å²) in [4.78, 5) is 3.28. The van der Waals surface area contributed by atoms with Crippen molar-refractivity contribution >= 4 is 11.8 Å². The number of rotatable bonds is 10. The van der Waals surface area contributed by atoms with Crippen molar-refractivity contribution in [2.24, 2.45) is 5.73 Å². The Hall–Kier alpha value is -4.73. The Bertz CT molecular complexity index is 1470. The Kier molecular flexibility index (Phi) is 10.4. The Labute approximate surface area is 244 Å². The van der Waals surface area contributed by atoms with Gasteiger partial charge in [-0.2, -0.15) is 0 Å². The van der Waals surface area contributed by atoms with Crippen LogP contribution in [0.4, 0.5) is 0 Å². The van der Waals surface area contributed by atoms with E-state index in [1.807, 2.05) is 48.8 Å². The molecule has 1 aromatic heterocycles. The van der Waals surface area contributed by atoms with E-state index in [1.165, 1.54) is 22.9 Å². The topological polar surface area (TPSA) is 89.7 Å². The minimum Gasteiger partial charge on any atom is -0.399 e. The molecule has 0 radical (unpaired) electrons. The highest BCUT2D eigenvalue weighted by atomic mass is 15.0. The molecule has 0 spiro atoms. The standard InChI is InChI=1S/C36H41N5/c1-26-11-4-5-14-34(36(27(26)2)41-35-15-7-9-23-39-28(35)3)30-18-16-29(17-19-30)31(20-21-33-13-10-24-40-33)25-32(38)12-6-8-22-37/h6-7,9-10,12-13,16-20,22-25,34,37,39-41H,1,3-5,8,11,14,21,38H2,2H3/b12-6?,31-20+,32-25-,36-27+,37-22?. The van der Waals surface area contributed by atoms with E-state index in [-0.39, 0.29) is 5.92 Å². The van der Waals surface area contributed by atoms with Gasteiger partial charge in [-0.25, -0.2) is 0 Å². The molecule has 2 aliphatic rings. The molecule has 1 atom stereocenters. The predicted molar refractivity (Wildman–Crippen MR) is 173 cm³/mol. The van der Waals surface area contributed by atoms with Crippen LogP contribution >= 0.6 is 0 Å². The van der Waals surface area contributed by atoms with Crippen molar-refractivity contribution in [3.63, 3.8) is 0 Å². The largest absolute Gasteiger partial charge is 0.399 e. The highest BCUT2D eigenvalue weighted by Crippen LogP contribution is 2.37. The lowest BCUT2D eigenvalue weighted by Crippen LogP contribution is -2.25. The monoisotopic (exact) mass is 543 g/mol. The highest BCUT2D eigenvalue weighted by molar-refractivity contribution is 5.75. The first-order chi connectivity index (χ1) is 20.0. The molecule has 2 heterocycles. The molecule has 6 N–H and O–H groups in total. The van der Waals surface area contributed by atoms with Crippen LogP contribution in [0.25, 0.3) is 5.57 Å². The SMILES string of the molecule is C=C1NC=CC=C=C1N/C1=C(\C)C(=C)CCCCC1c1ccc(C(/C=C(\N)C=CCC=N)=C/Cc2ccc[nH]2)cc1. The summed E-state index contributed by atoms with van der Waals surface area (Å²) < 4.78 is 0. The van der Waals surface area contributed by atoms with Gasteiger partial charge in [-0.05, 0) is 91.1 Å². The molecular weight excluding hydrogens is 502 g/mol. The molecule has 0 fully saturated rings. The van der Waals surface area contributed by atoms with Gasteiger partial charge < -0.3 is 26.8 Å². The van der Waals surface area contributed by atoms with E-state index in [1.54, 1.807) is 0 Å². The molecule has 0 saturated heterocycles. The summed E-state index contributed by atoms with van der Waals surface area (Å²) in [5.74, 6) is 0.190. The summed E-state index contributed by atoms with van der Waals surface area (Å²) in [5, 5.41) is 14.2. The van der Waals surface area contributed by atoms with Crippen LogP contribution in [-0.2, 0) is 6.42 Å². The quantitative estimate of drug-likeness (QED) is 0.120. The number of benzene rings is 1. The molecule has 1 aliphatic heterocycles. The zero-order chi connectivity index (χ0) is 29.0. The third kappa shape index (κ3) is 8.14. The lowest BCUT2D eigenvalue weighted by molar-refractivity contribution is 0.580. The van der Waals surface area contributed by atoms with Crippen LogP contribution in [0.5, 0.6) is 0 Å². The smallest absolute Gasteiger partial charge is 0.105 e. The molecular formula is C36H41N5. The van der Waals surface area contributed by atoms with E-state index in [0.717, 1.165) is 66.0 Å². The van der Waals surface area contributed by atoms with Crippen molar-refractivity contribution in [3.8, 4) is 0 Å². The van der Waals surface area contributed by atoms with Gasteiger partial charge in [0.2, 0.25) is 0 Å². The minimum absolute atomic E-state index is 0.190. The van der Waals surface area contributed by atoms with Gasteiger partial charge in [0.15, 0.2) is 0 Å². The zero-order valence-corrected chi connectivity index (χ0v) is 24.0. The fourth-order valence-electron chi connectivity index (χ4n) is 5.10. The number of allylic oxidation sites excluding steroid dienone is 9. The van der Waals surface area contributed by atoms with Gasteiger partial charge in [0.1, 0.15) is 5.70 Å². The lowest BCUT2D eigenvalue weighted by Gasteiger charge is -2.29. The molecule has 2 aromatic rings. The van der Waals surface area contributed by atoms with E-state index in [2.05, 4.69) is 77.8 Å². The summed E-state index contributed by atoms with van der Waals surface area (Å²) in [6.07, 6.45) is 22.6. The van der Waals surface area contributed by atoms with Crippen molar-refractivity contribution in [2.45, 2.75) is 51.4 Å². The first-order valence-corrected chi connectivity index (χ1v) is 14.2. The van der Waals surface area contributed by atoms with E-state index >= 15 is 0 Å². The highest BCUT2D eigenvalue weighted by Gasteiger charge is 2.23. The number of aromatic nitrogens is 1. The molecule has 0 amide bonds. The average molecular weight is 544 g/mol. The molecule has 1 unspecified atom stereocenters. The number of hydrogen-bond acceptors (Lipinski definition) is 4. The van der Waals surface area contributed by atoms with Crippen molar-refractivity contribution in [1.82, 2.24) is 15.6 Å².